The average Bonchev–Trinajstić information content (AvgIpc) is 2.72. The largest absolute Gasteiger partial charge is 0.435 e. The highest BCUT2D eigenvalue weighted by Crippen LogP contribution is 2.33. The van der Waals surface area contributed by atoms with E-state index in [9.17, 15) is 26.3 Å². The Balaban J connectivity index is 2.17. The number of aromatic nitrogens is 3. The lowest BCUT2D eigenvalue weighted by Gasteiger charge is -2.08. The molecule has 0 aliphatic rings. The Labute approximate surface area is 114 Å². The number of nitrogens with zero attached hydrogens (tertiary/aromatic N) is 3. The Kier molecular flexibility index (Phi) is 4.08. The predicted octanol–water partition coefficient (Wildman–Crippen LogP) is 3.03. The molecule has 21 heavy (non-hydrogen) atoms. The van der Waals surface area contributed by atoms with Gasteiger partial charge in [-0.1, -0.05) is 0 Å². The number of rotatable bonds is 4. The Morgan fingerprint density at radius 2 is 1.86 bits per heavy atom. The molecule has 2 aromatic heterocycles. The Hall–Kier alpha value is -1.84. The van der Waals surface area contributed by atoms with Crippen molar-refractivity contribution in [2.45, 2.75) is 18.9 Å². The van der Waals surface area contributed by atoms with Crippen LogP contribution in [0.2, 0.25) is 0 Å². The van der Waals surface area contributed by atoms with E-state index >= 15 is 0 Å². The van der Waals surface area contributed by atoms with Crippen molar-refractivity contribution in [2.75, 3.05) is 13.2 Å². The smallest absolute Gasteiger partial charge is 0.370 e. The Morgan fingerprint density at radius 3 is 2.48 bits per heavy atom. The van der Waals surface area contributed by atoms with E-state index in [1.807, 2.05) is 0 Å². The van der Waals surface area contributed by atoms with Crippen molar-refractivity contribution in [2.24, 2.45) is 0 Å². The second-order valence-corrected chi connectivity index (χ2v) is 4.13. The molecule has 0 spiro atoms. The molecular formula is C11H9F6N3O. The molecule has 0 aliphatic carbocycles. The molecule has 0 aromatic carbocycles. The first-order valence-electron chi connectivity index (χ1n) is 5.71. The summed E-state index contributed by atoms with van der Waals surface area (Å²) in [5, 5.41) is 3.18. The summed E-state index contributed by atoms with van der Waals surface area (Å²) in [6.07, 6.45) is -6.86. The van der Waals surface area contributed by atoms with Gasteiger partial charge in [-0.25, -0.2) is 0 Å². The van der Waals surface area contributed by atoms with Gasteiger partial charge in [0, 0.05) is 12.4 Å². The number of hydrogen-bond acceptors (Lipinski definition) is 3. The third-order valence-electron chi connectivity index (χ3n) is 2.53. The molecule has 0 bridgehead atoms. The highest BCUT2D eigenvalue weighted by atomic mass is 19.4. The predicted molar refractivity (Wildman–Crippen MR) is 59.4 cm³/mol. The van der Waals surface area contributed by atoms with Gasteiger partial charge in [-0.15, -0.1) is 0 Å². The molecule has 0 atom stereocenters. The van der Waals surface area contributed by atoms with Gasteiger partial charge in [0.2, 0.25) is 0 Å². The summed E-state index contributed by atoms with van der Waals surface area (Å²) in [6.45, 7) is -2.09. The molecule has 0 aliphatic heterocycles. The average molecular weight is 313 g/mol. The molecule has 2 rings (SSSR count). The van der Waals surface area contributed by atoms with Crippen LogP contribution in [0.1, 0.15) is 5.69 Å². The Bertz CT molecular complexity index is 618. The third kappa shape index (κ3) is 3.84. The fourth-order valence-electron chi connectivity index (χ4n) is 1.74. The molecule has 0 radical (unpaired) electrons. The van der Waals surface area contributed by atoms with Gasteiger partial charge >= 0.3 is 12.4 Å². The van der Waals surface area contributed by atoms with Gasteiger partial charge in [0.25, 0.3) is 0 Å². The maximum atomic E-state index is 12.8. The number of halogens is 6. The van der Waals surface area contributed by atoms with Crippen molar-refractivity contribution >= 4 is 10.9 Å². The van der Waals surface area contributed by atoms with Crippen LogP contribution in [0, 0.1) is 0 Å². The minimum absolute atomic E-state index is 0.132. The van der Waals surface area contributed by atoms with Gasteiger partial charge in [-0.2, -0.15) is 31.4 Å². The van der Waals surface area contributed by atoms with Crippen molar-refractivity contribution in [3.8, 4) is 0 Å². The van der Waals surface area contributed by atoms with E-state index in [-0.39, 0.29) is 17.4 Å². The van der Waals surface area contributed by atoms with Gasteiger partial charge < -0.3 is 4.74 Å². The van der Waals surface area contributed by atoms with Crippen LogP contribution >= 0.6 is 0 Å². The summed E-state index contributed by atoms with van der Waals surface area (Å²) < 4.78 is 79.4. The second-order valence-electron chi connectivity index (χ2n) is 4.13. The molecule has 0 amide bonds. The fourth-order valence-corrected chi connectivity index (χ4v) is 1.74. The molecule has 10 heteroatoms. The minimum Gasteiger partial charge on any atom is -0.370 e. The number of pyridine rings is 1. The first-order chi connectivity index (χ1) is 9.68. The van der Waals surface area contributed by atoms with Gasteiger partial charge in [0.05, 0.1) is 24.1 Å². The molecule has 0 N–H and O–H groups in total. The van der Waals surface area contributed by atoms with Crippen LogP contribution in [0.4, 0.5) is 26.3 Å². The summed E-state index contributed by atoms with van der Waals surface area (Å²) >= 11 is 0. The molecule has 0 saturated heterocycles. The van der Waals surface area contributed by atoms with Crippen LogP contribution in [-0.4, -0.2) is 34.2 Å². The highest BCUT2D eigenvalue weighted by Gasteiger charge is 2.37. The van der Waals surface area contributed by atoms with E-state index < -0.39 is 31.3 Å². The third-order valence-corrected chi connectivity index (χ3v) is 2.53. The van der Waals surface area contributed by atoms with E-state index in [4.69, 9.17) is 0 Å². The van der Waals surface area contributed by atoms with Crippen molar-refractivity contribution in [1.82, 2.24) is 14.8 Å². The molecular weight excluding hydrogens is 304 g/mol. The lowest BCUT2D eigenvalue weighted by atomic mass is 10.2. The van der Waals surface area contributed by atoms with Crippen LogP contribution < -0.4 is 0 Å². The minimum atomic E-state index is -4.67. The van der Waals surface area contributed by atoms with Gasteiger partial charge in [-0.3, -0.25) is 9.67 Å². The van der Waals surface area contributed by atoms with Crippen LogP contribution in [0.3, 0.4) is 0 Å². The number of alkyl halides is 6. The van der Waals surface area contributed by atoms with E-state index in [1.165, 1.54) is 12.3 Å². The number of hydrogen-bond donors (Lipinski definition) is 0. The molecule has 116 valence electrons. The number of fused-ring (bicyclic) bond motifs is 1. The topological polar surface area (TPSA) is 39.9 Å². The quantitative estimate of drug-likeness (QED) is 0.643. The van der Waals surface area contributed by atoms with Crippen LogP contribution in [-0.2, 0) is 17.5 Å². The highest BCUT2D eigenvalue weighted by molar-refractivity contribution is 5.81. The molecule has 0 unspecified atom stereocenters. The summed E-state index contributed by atoms with van der Waals surface area (Å²) in [4.78, 5) is 3.60. The normalized spacial score (nSPS) is 13.0. The summed E-state index contributed by atoms with van der Waals surface area (Å²) in [7, 11) is 0. The summed E-state index contributed by atoms with van der Waals surface area (Å²) in [5.74, 6) is 0. The van der Waals surface area contributed by atoms with E-state index in [0.29, 0.717) is 0 Å². The van der Waals surface area contributed by atoms with Crippen molar-refractivity contribution in [3.05, 3.63) is 24.2 Å². The maximum Gasteiger partial charge on any atom is 0.435 e. The van der Waals surface area contributed by atoms with E-state index in [1.54, 1.807) is 0 Å². The molecule has 2 heterocycles. The zero-order valence-corrected chi connectivity index (χ0v) is 10.4. The van der Waals surface area contributed by atoms with Gasteiger partial charge in [0.1, 0.15) is 6.61 Å². The maximum absolute atomic E-state index is 12.8. The van der Waals surface area contributed by atoms with E-state index in [0.717, 1.165) is 10.9 Å². The molecule has 0 fully saturated rings. The van der Waals surface area contributed by atoms with Crippen molar-refractivity contribution in [3.63, 3.8) is 0 Å². The van der Waals surface area contributed by atoms with Crippen molar-refractivity contribution in [1.29, 1.82) is 0 Å². The van der Waals surface area contributed by atoms with Crippen molar-refractivity contribution < 1.29 is 31.1 Å². The summed E-state index contributed by atoms with van der Waals surface area (Å²) in [6, 6.07) is 1.31. The van der Waals surface area contributed by atoms with Crippen LogP contribution in [0.5, 0.6) is 0 Å². The molecule has 2 aromatic rings. The SMILES string of the molecule is FC(F)(F)COCCn1nc(C(F)(F)F)c2cnccc21. The monoisotopic (exact) mass is 313 g/mol. The van der Waals surface area contributed by atoms with E-state index in [2.05, 4.69) is 14.8 Å². The zero-order valence-electron chi connectivity index (χ0n) is 10.4. The van der Waals surface area contributed by atoms with Crippen LogP contribution in [0.15, 0.2) is 18.5 Å². The molecule has 4 nitrogen and oxygen atoms in total. The molecule has 0 saturated carbocycles. The standard InChI is InChI=1S/C11H9F6N3O/c12-10(13,14)6-21-4-3-20-8-1-2-18-5-7(8)9(19-20)11(15,16)17/h1-2,5H,3-4,6H2. The van der Waals surface area contributed by atoms with Crippen LogP contribution in [0.25, 0.3) is 10.9 Å². The Morgan fingerprint density at radius 1 is 1.14 bits per heavy atom. The van der Waals surface area contributed by atoms with Gasteiger partial charge in [-0.05, 0) is 6.07 Å². The lowest BCUT2D eigenvalue weighted by Crippen LogP contribution is -2.19. The zero-order chi connectivity index (χ0) is 15.7. The first kappa shape index (κ1) is 15.5. The van der Waals surface area contributed by atoms with Gasteiger partial charge in [0.15, 0.2) is 5.69 Å². The number of ether oxygens (including phenoxy) is 1. The second kappa shape index (κ2) is 5.51. The fraction of sp³-hybridized carbons (Fsp3) is 0.455. The summed E-state index contributed by atoms with van der Waals surface area (Å²) in [5.41, 5.74) is -0.991. The lowest BCUT2D eigenvalue weighted by molar-refractivity contribution is -0.174. The first-order valence-corrected chi connectivity index (χ1v) is 5.71.